The Morgan fingerprint density at radius 2 is 2.41 bits per heavy atom. The van der Waals surface area contributed by atoms with Gasteiger partial charge >= 0.3 is 0 Å². The first-order valence-electron chi connectivity index (χ1n) is 6.37. The molecule has 2 heterocycles. The van der Waals surface area contributed by atoms with Crippen LogP contribution >= 0.6 is 11.3 Å². The lowest BCUT2D eigenvalue weighted by Gasteiger charge is -2.40. The van der Waals surface area contributed by atoms with E-state index in [9.17, 15) is 0 Å². The summed E-state index contributed by atoms with van der Waals surface area (Å²) in [6, 6.07) is 0.632. The molecular weight excluding hydrogens is 232 g/mol. The van der Waals surface area contributed by atoms with Gasteiger partial charge in [0, 0.05) is 24.2 Å². The second-order valence-corrected chi connectivity index (χ2v) is 6.22. The lowest BCUT2D eigenvalue weighted by atomic mass is 9.93. The summed E-state index contributed by atoms with van der Waals surface area (Å²) in [7, 11) is 0. The maximum Gasteiger partial charge on any atom is 0.107 e. The molecule has 0 bridgehead atoms. The molecule has 0 spiro atoms. The normalized spacial score (nSPS) is 24.1. The fourth-order valence-corrected chi connectivity index (χ4v) is 3.16. The molecule has 0 saturated carbocycles. The molecule has 3 nitrogen and oxygen atoms in total. The Kier molecular flexibility index (Phi) is 4.17. The average molecular weight is 254 g/mol. The summed E-state index contributed by atoms with van der Waals surface area (Å²) in [5, 5.41) is 3.27. The summed E-state index contributed by atoms with van der Waals surface area (Å²) >= 11 is 1.75. The summed E-state index contributed by atoms with van der Waals surface area (Å²) in [5.41, 5.74) is 0.0270. The van der Waals surface area contributed by atoms with Gasteiger partial charge < -0.3 is 4.74 Å². The van der Waals surface area contributed by atoms with Crippen molar-refractivity contribution in [2.24, 2.45) is 0 Å². The molecule has 0 aliphatic carbocycles. The quantitative estimate of drug-likeness (QED) is 0.826. The summed E-state index contributed by atoms with van der Waals surface area (Å²) in [6.45, 7) is 9.56. The summed E-state index contributed by atoms with van der Waals surface area (Å²) in [4.78, 5) is 6.91. The van der Waals surface area contributed by atoms with Crippen molar-refractivity contribution in [3.63, 3.8) is 0 Å². The van der Waals surface area contributed by atoms with Gasteiger partial charge in [0.05, 0.1) is 12.1 Å². The van der Waals surface area contributed by atoms with Crippen LogP contribution < -0.4 is 0 Å². The van der Waals surface area contributed by atoms with Gasteiger partial charge in [0.2, 0.25) is 0 Å². The zero-order chi connectivity index (χ0) is 12.3. The molecule has 1 saturated heterocycles. The first-order chi connectivity index (χ1) is 8.11. The number of aromatic nitrogens is 1. The van der Waals surface area contributed by atoms with Crippen LogP contribution in [0.5, 0.6) is 0 Å². The maximum atomic E-state index is 5.79. The number of rotatable bonds is 4. The summed E-state index contributed by atoms with van der Waals surface area (Å²) in [6.07, 6.45) is 4.15. The van der Waals surface area contributed by atoms with E-state index in [0.717, 1.165) is 32.5 Å². The van der Waals surface area contributed by atoms with E-state index in [-0.39, 0.29) is 5.60 Å². The molecule has 1 atom stereocenters. The van der Waals surface area contributed by atoms with Crippen LogP contribution in [-0.2, 0) is 11.3 Å². The minimum absolute atomic E-state index is 0.0270. The second-order valence-electron chi connectivity index (χ2n) is 5.24. The molecule has 17 heavy (non-hydrogen) atoms. The van der Waals surface area contributed by atoms with Gasteiger partial charge in [0.1, 0.15) is 5.01 Å². The third kappa shape index (κ3) is 3.50. The SMILES string of the molecule is CCN(Cc1nccs1)[C@H]1CCOC(C)(C)C1. The largest absolute Gasteiger partial charge is 0.375 e. The molecule has 0 N–H and O–H groups in total. The van der Waals surface area contributed by atoms with Crippen molar-refractivity contribution in [2.45, 2.75) is 51.8 Å². The molecule has 4 heteroatoms. The van der Waals surface area contributed by atoms with E-state index < -0.39 is 0 Å². The molecule has 1 aliphatic rings. The van der Waals surface area contributed by atoms with Crippen molar-refractivity contribution in [3.05, 3.63) is 16.6 Å². The first kappa shape index (κ1) is 13.0. The number of hydrogen-bond acceptors (Lipinski definition) is 4. The van der Waals surface area contributed by atoms with Crippen molar-refractivity contribution < 1.29 is 4.74 Å². The predicted octanol–water partition coefficient (Wildman–Crippen LogP) is 2.92. The van der Waals surface area contributed by atoms with E-state index in [1.54, 1.807) is 11.3 Å². The smallest absolute Gasteiger partial charge is 0.107 e. The molecule has 0 unspecified atom stereocenters. The minimum atomic E-state index is 0.0270. The van der Waals surface area contributed by atoms with Gasteiger partial charge in [-0.2, -0.15) is 0 Å². The van der Waals surface area contributed by atoms with E-state index >= 15 is 0 Å². The van der Waals surface area contributed by atoms with E-state index in [0.29, 0.717) is 6.04 Å². The molecule has 0 radical (unpaired) electrons. The average Bonchev–Trinajstić information content (AvgIpc) is 2.77. The van der Waals surface area contributed by atoms with Crippen LogP contribution in [0.2, 0.25) is 0 Å². The Morgan fingerprint density at radius 3 is 3.00 bits per heavy atom. The fourth-order valence-electron chi connectivity index (χ4n) is 2.52. The Hall–Kier alpha value is -0.450. The fraction of sp³-hybridized carbons (Fsp3) is 0.769. The Labute approximate surface area is 108 Å². The molecule has 1 aliphatic heterocycles. The van der Waals surface area contributed by atoms with Crippen LogP contribution in [0.15, 0.2) is 11.6 Å². The van der Waals surface area contributed by atoms with Crippen LogP contribution in [0.3, 0.4) is 0 Å². The zero-order valence-corrected chi connectivity index (χ0v) is 11.8. The maximum absolute atomic E-state index is 5.79. The Bertz CT molecular complexity index is 337. The first-order valence-corrected chi connectivity index (χ1v) is 7.25. The van der Waals surface area contributed by atoms with E-state index in [1.807, 2.05) is 6.20 Å². The molecule has 1 aromatic heterocycles. The summed E-state index contributed by atoms with van der Waals surface area (Å²) < 4.78 is 5.79. The predicted molar refractivity (Wildman–Crippen MR) is 71.3 cm³/mol. The van der Waals surface area contributed by atoms with Crippen LogP contribution in [0.4, 0.5) is 0 Å². The Balaban J connectivity index is 1.98. The van der Waals surface area contributed by atoms with E-state index in [4.69, 9.17) is 4.74 Å². The molecule has 2 rings (SSSR count). The standard InChI is InChI=1S/C13H22N2OS/c1-4-15(10-12-14-6-8-17-12)11-5-7-16-13(2,3)9-11/h6,8,11H,4-5,7,9-10H2,1-3H3/t11-/m0/s1. The lowest BCUT2D eigenvalue weighted by Crippen LogP contribution is -2.45. The van der Waals surface area contributed by atoms with Gasteiger partial charge in [-0.1, -0.05) is 6.92 Å². The lowest BCUT2D eigenvalue weighted by molar-refractivity contribution is -0.0838. The van der Waals surface area contributed by atoms with Gasteiger partial charge in [-0.05, 0) is 33.2 Å². The molecular formula is C13H22N2OS. The van der Waals surface area contributed by atoms with Gasteiger partial charge in [0.15, 0.2) is 0 Å². The van der Waals surface area contributed by atoms with Crippen molar-refractivity contribution in [1.82, 2.24) is 9.88 Å². The van der Waals surface area contributed by atoms with Crippen molar-refractivity contribution in [3.8, 4) is 0 Å². The third-order valence-corrected chi connectivity index (χ3v) is 4.18. The summed E-state index contributed by atoms with van der Waals surface area (Å²) in [5.74, 6) is 0. The third-order valence-electron chi connectivity index (χ3n) is 3.42. The number of hydrogen-bond donors (Lipinski definition) is 0. The van der Waals surface area contributed by atoms with Gasteiger partial charge in [0.25, 0.3) is 0 Å². The minimum Gasteiger partial charge on any atom is -0.375 e. The molecule has 96 valence electrons. The highest BCUT2D eigenvalue weighted by Gasteiger charge is 2.31. The van der Waals surface area contributed by atoms with Crippen LogP contribution in [-0.4, -0.2) is 34.7 Å². The van der Waals surface area contributed by atoms with Gasteiger partial charge in [-0.15, -0.1) is 11.3 Å². The number of ether oxygens (including phenoxy) is 1. The van der Waals surface area contributed by atoms with E-state index in [1.165, 1.54) is 5.01 Å². The molecule has 1 aromatic rings. The van der Waals surface area contributed by atoms with Crippen molar-refractivity contribution >= 4 is 11.3 Å². The molecule has 0 amide bonds. The Morgan fingerprint density at radius 1 is 1.59 bits per heavy atom. The highest BCUT2D eigenvalue weighted by atomic mass is 32.1. The van der Waals surface area contributed by atoms with Crippen molar-refractivity contribution in [1.29, 1.82) is 0 Å². The number of nitrogens with zero attached hydrogens (tertiary/aromatic N) is 2. The highest BCUT2D eigenvalue weighted by molar-refractivity contribution is 7.09. The monoisotopic (exact) mass is 254 g/mol. The van der Waals surface area contributed by atoms with E-state index in [2.05, 4.69) is 36.0 Å². The van der Waals surface area contributed by atoms with Crippen LogP contribution in [0.25, 0.3) is 0 Å². The second kappa shape index (κ2) is 5.46. The van der Waals surface area contributed by atoms with Crippen molar-refractivity contribution in [2.75, 3.05) is 13.2 Å². The molecule has 1 fully saturated rings. The van der Waals surface area contributed by atoms with Gasteiger partial charge in [-0.3, -0.25) is 4.90 Å². The zero-order valence-electron chi connectivity index (χ0n) is 11.0. The van der Waals surface area contributed by atoms with Crippen LogP contribution in [0.1, 0.15) is 38.6 Å². The number of thiazole rings is 1. The molecule has 0 aromatic carbocycles. The van der Waals surface area contributed by atoms with Gasteiger partial charge in [-0.25, -0.2) is 4.98 Å². The topological polar surface area (TPSA) is 25.4 Å². The highest BCUT2D eigenvalue weighted by Crippen LogP contribution is 2.28. The van der Waals surface area contributed by atoms with Crippen LogP contribution in [0, 0.1) is 0 Å².